The lowest BCUT2D eigenvalue weighted by Crippen LogP contribution is -2.58. The maximum atomic E-state index is 13.3. The molecule has 1 saturated heterocycles. The van der Waals surface area contributed by atoms with Crippen molar-refractivity contribution in [1.82, 2.24) is 10.2 Å². The van der Waals surface area contributed by atoms with Crippen molar-refractivity contribution in [1.29, 1.82) is 0 Å². The molecule has 8 heteroatoms. The highest BCUT2D eigenvalue weighted by atomic mass is 16.2. The number of rotatable bonds is 10. The Morgan fingerprint density at radius 2 is 1.69 bits per heavy atom. The van der Waals surface area contributed by atoms with E-state index in [0.717, 1.165) is 54.3 Å². The van der Waals surface area contributed by atoms with Gasteiger partial charge < -0.3 is 10.2 Å². The van der Waals surface area contributed by atoms with Crippen LogP contribution in [0.15, 0.2) is 30.3 Å². The molecule has 6 aliphatic rings. The van der Waals surface area contributed by atoms with Crippen molar-refractivity contribution in [2.45, 2.75) is 95.1 Å². The summed E-state index contributed by atoms with van der Waals surface area (Å²) in [4.78, 5) is 54.7. The molecule has 4 saturated carbocycles. The first-order valence-corrected chi connectivity index (χ1v) is 16.1. The average Bonchev–Trinajstić information content (AvgIpc) is 3.23. The minimum absolute atomic E-state index is 0.0206. The third-order valence-electron chi connectivity index (χ3n) is 11.0. The van der Waals surface area contributed by atoms with Crippen LogP contribution < -0.4 is 15.5 Å². The van der Waals surface area contributed by atoms with E-state index in [1.54, 1.807) is 12.1 Å². The number of benzene rings is 2. The van der Waals surface area contributed by atoms with Crippen LogP contribution in [0.2, 0.25) is 0 Å². The van der Waals surface area contributed by atoms with Gasteiger partial charge in [-0.05, 0) is 107 Å². The Kier molecular flexibility index (Phi) is 7.08. The Balaban J connectivity index is 0.918. The van der Waals surface area contributed by atoms with Gasteiger partial charge in [0.15, 0.2) is 0 Å². The fraction of sp³-hybridized carbons (Fsp3) is 0.588. The van der Waals surface area contributed by atoms with Crippen LogP contribution in [0.4, 0.5) is 11.4 Å². The van der Waals surface area contributed by atoms with Crippen LogP contribution in [0.25, 0.3) is 10.8 Å². The van der Waals surface area contributed by atoms with E-state index >= 15 is 0 Å². The molecule has 8 nitrogen and oxygen atoms in total. The average molecular weight is 571 g/mol. The standard InChI is InChI=1S/C34H42N4O4/c1-37(34-18-21-15-22(19-34)17-23(16-21)20-34)14-5-3-2-4-9-29(39)35-26-10-11-27-31-24(26)7-6-8-25(31)33(42)38(27)28-12-13-30(40)36-32(28)41/h6-8,10-11,21-23,28H,2-5,9,12-20H2,1H3,(H,35,39)(H,36,40,41). The monoisotopic (exact) mass is 570 g/mol. The number of piperidine rings is 1. The molecule has 4 aliphatic carbocycles. The number of amides is 4. The smallest absolute Gasteiger partial charge is 0.259 e. The molecular weight excluding hydrogens is 528 g/mol. The van der Waals surface area contributed by atoms with Gasteiger partial charge in [0.1, 0.15) is 6.04 Å². The van der Waals surface area contributed by atoms with Crippen molar-refractivity contribution < 1.29 is 19.2 Å². The number of carbonyl (C=O) groups is 4. The van der Waals surface area contributed by atoms with E-state index in [1.165, 1.54) is 49.8 Å². The highest BCUT2D eigenvalue weighted by Crippen LogP contribution is 2.57. The highest BCUT2D eigenvalue weighted by molar-refractivity contribution is 6.28. The molecule has 2 aliphatic heterocycles. The SMILES string of the molecule is CN(CCCCCCC(=O)Nc1ccc2c3c(cccc13)C(=O)N2C1CCC(=O)NC1=O)C12CC3CC(CC(C3)C1)C2. The second-order valence-electron chi connectivity index (χ2n) is 13.8. The molecule has 0 radical (unpaired) electrons. The molecule has 0 aromatic heterocycles. The number of anilines is 2. The van der Waals surface area contributed by atoms with Crippen LogP contribution in [0, 0.1) is 17.8 Å². The van der Waals surface area contributed by atoms with Gasteiger partial charge in [-0.15, -0.1) is 0 Å². The van der Waals surface area contributed by atoms with Crippen LogP contribution in [-0.4, -0.2) is 53.7 Å². The number of hydrogen-bond acceptors (Lipinski definition) is 5. The molecule has 42 heavy (non-hydrogen) atoms. The van der Waals surface area contributed by atoms with Crippen LogP contribution in [-0.2, 0) is 14.4 Å². The lowest BCUT2D eigenvalue weighted by Gasteiger charge is -2.60. The number of imide groups is 1. The van der Waals surface area contributed by atoms with Crippen molar-refractivity contribution in [3.05, 3.63) is 35.9 Å². The van der Waals surface area contributed by atoms with Gasteiger partial charge in [0.25, 0.3) is 5.91 Å². The summed E-state index contributed by atoms with van der Waals surface area (Å²) in [7, 11) is 2.36. The number of carbonyl (C=O) groups excluding carboxylic acids is 4. The first-order chi connectivity index (χ1) is 20.3. The molecule has 5 fully saturated rings. The zero-order chi connectivity index (χ0) is 29.0. The van der Waals surface area contributed by atoms with E-state index in [9.17, 15) is 19.2 Å². The van der Waals surface area contributed by atoms with Crippen molar-refractivity contribution in [2.75, 3.05) is 23.8 Å². The molecule has 2 aromatic carbocycles. The fourth-order valence-corrected chi connectivity index (χ4v) is 9.32. The topological polar surface area (TPSA) is 98.8 Å². The highest BCUT2D eigenvalue weighted by Gasteiger charge is 2.52. The van der Waals surface area contributed by atoms with E-state index in [0.29, 0.717) is 35.3 Å². The lowest BCUT2D eigenvalue weighted by molar-refractivity contribution is -0.134. The third kappa shape index (κ3) is 4.81. The molecule has 2 aromatic rings. The molecule has 4 amide bonds. The van der Waals surface area contributed by atoms with Gasteiger partial charge in [0.2, 0.25) is 17.7 Å². The van der Waals surface area contributed by atoms with Gasteiger partial charge in [-0.3, -0.25) is 29.4 Å². The van der Waals surface area contributed by atoms with Crippen LogP contribution in [0.1, 0.15) is 93.8 Å². The fourth-order valence-electron chi connectivity index (χ4n) is 9.32. The summed E-state index contributed by atoms with van der Waals surface area (Å²) in [6, 6.07) is 8.36. The first kappa shape index (κ1) is 27.6. The van der Waals surface area contributed by atoms with Crippen molar-refractivity contribution in [2.24, 2.45) is 17.8 Å². The number of unbranched alkanes of at least 4 members (excludes halogenated alkanes) is 3. The van der Waals surface area contributed by atoms with Crippen molar-refractivity contribution in [3.63, 3.8) is 0 Å². The minimum atomic E-state index is -0.724. The van der Waals surface area contributed by atoms with Gasteiger partial charge in [-0.1, -0.05) is 25.0 Å². The van der Waals surface area contributed by atoms with Gasteiger partial charge in [0.05, 0.1) is 5.69 Å². The summed E-state index contributed by atoms with van der Waals surface area (Å²) in [5.74, 6) is 1.89. The summed E-state index contributed by atoms with van der Waals surface area (Å²) in [6.07, 6.45) is 13.9. The molecule has 1 unspecified atom stereocenters. The molecular formula is C34H42N4O4. The maximum absolute atomic E-state index is 13.3. The zero-order valence-electron chi connectivity index (χ0n) is 24.6. The Labute approximate surface area is 247 Å². The van der Waals surface area contributed by atoms with Gasteiger partial charge in [-0.2, -0.15) is 0 Å². The van der Waals surface area contributed by atoms with Gasteiger partial charge in [0, 0.05) is 40.4 Å². The van der Waals surface area contributed by atoms with Crippen molar-refractivity contribution >= 4 is 45.8 Å². The Morgan fingerprint density at radius 1 is 0.976 bits per heavy atom. The van der Waals surface area contributed by atoms with Gasteiger partial charge in [-0.25, -0.2) is 0 Å². The van der Waals surface area contributed by atoms with Gasteiger partial charge >= 0.3 is 0 Å². The lowest BCUT2D eigenvalue weighted by atomic mass is 9.52. The van der Waals surface area contributed by atoms with Crippen LogP contribution >= 0.6 is 0 Å². The predicted octanol–water partition coefficient (Wildman–Crippen LogP) is 5.39. The van der Waals surface area contributed by atoms with E-state index in [4.69, 9.17) is 0 Å². The number of nitrogens with one attached hydrogen (secondary N) is 2. The second kappa shape index (κ2) is 10.8. The number of hydrogen-bond donors (Lipinski definition) is 2. The molecule has 8 rings (SSSR count). The van der Waals surface area contributed by atoms with E-state index in [1.807, 2.05) is 18.2 Å². The molecule has 1 atom stereocenters. The van der Waals surface area contributed by atoms with E-state index < -0.39 is 11.9 Å². The van der Waals surface area contributed by atoms with E-state index in [2.05, 4.69) is 22.6 Å². The van der Waals surface area contributed by atoms with Crippen LogP contribution in [0.3, 0.4) is 0 Å². The summed E-state index contributed by atoms with van der Waals surface area (Å²) in [5, 5.41) is 6.96. The quantitative estimate of drug-likeness (QED) is 0.295. The Hall–Kier alpha value is -3.26. The predicted molar refractivity (Wildman–Crippen MR) is 162 cm³/mol. The zero-order valence-corrected chi connectivity index (χ0v) is 24.6. The maximum Gasteiger partial charge on any atom is 0.259 e. The van der Waals surface area contributed by atoms with Crippen molar-refractivity contribution in [3.8, 4) is 0 Å². The molecule has 4 bridgehead atoms. The second-order valence-corrected chi connectivity index (χ2v) is 13.8. The molecule has 2 heterocycles. The molecule has 2 N–H and O–H groups in total. The first-order valence-electron chi connectivity index (χ1n) is 16.1. The largest absolute Gasteiger partial charge is 0.326 e. The Bertz CT molecular complexity index is 1420. The molecule has 222 valence electrons. The van der Waals surface area contributed by atoms with Crippen LogP contribution in [0.5, 0.6) is 0 Å². The summed E-state index contributed by atoms with van der Waals surface area (Å²) in [6.45, 7) is 1.16. The van der Waals surface area contributed by atoms with E-state index in [-0.39, 0.29) is 24.1 Å². The summed E-state index contributed by atoms with van der Waals surface area (Å²) in [5.41, 5.74) is 2.31. The minimum Gasteiger partial charge on any atom is -0.326 e. The normalized spacial score (nSPS) is 29.6. The Morgan fingerprint density at radius 3 is 2.40 bits per heavy atom. The number of nitrogens with zero attached hydrogens (tertiary/aromatic N) is 2. The third-order valence-corrected chi connectivity index (χ3v) is 11.0. The summed E-state index contributed by atoms with van der Waals surface area (Å²) >= 11 is 0. The molecule has 0 spiro atoms. The summed E-state index contributed by atoms with van der Waals surface area (Å²) < 4.78 is 0.